The molecule has 0 aliphatic rings. The van der Waals surface area contributed by atoms with E-state index in [1.807, 2.05) is 0 Å². The van der Waals surface area contributed by atoms with Gasteiger partial charge < -0.3 is 10.5 Å². The lowest BCUT2D eigenvalue weighted by molar-refractivity contribution is 0.103. The first-order valence-corrected chi connectivity index (χ1v) is 5.99. The van der Waals surface area contributed by atoms with Gasteiger partial charge in [0.05, 0.1) is 13.3 Å². The molecule has 5 heteroatoms. The van der Waals surface area contributed by atoms with Crippen LogP contribution in [-0.2, 0) is 0 Å². The highest BCUT2D eigenvalue weighted by Crippen LogP contribution is 2.21. The van der Waals surface area contributed by atoms with Gasteiger partial charge in [-0.2, -0.15) is 0 Å². The molecule has 0 aliphatic carbocycles. The van der Waals surface area contributed by atoms with Crippen LogP contribution in [0.2, 0.25) is 0 Å². The maximum absolute atomic E-state index is 12.2. The maximum Gasteiger partial charge on any atom is 0.194 e. The zero-order chi connectivity index (χ0) is 13.1. The highest BCUT2D eigenvalue weighted by atomic mass is 79.9. The summed E-state index contributed by atoms with van der Waals surface area (Å²) in [6, 6.07) is 6.73. The van der Waals surface area contributed by atoms with Crippen LogP contribution >= 0.6 is 15.9 Å². The van der Waals surface area contributed by atoms with E-state index in [0.717, 1.165) is 4.47 Å². The first-order valence-electron chi connectivity index (χ1n) is 5.20. The molecule has 2 aromatic rings. The van der Waals surface area contributed by atoms with Crippen molar-refractivity contribution in [2.45, 2.75) is 0 Å². The molecule has 0 unspecified atom stereocenters. The fourth-order valence-corrected chi connectivity index (χ4v) is 2.08. The molecule has 0 fully saturated rings. The third-order valence-corrected chi connectivity index (χ3v) is 2.85. The van der Waals surface area contributed by atoms with E-state index >= 15 is 0 Å². The van der Waals surface area contributed by atoms with Crippen molar-refractivity contribution in [1.29, 1.82) is 0 Å². The van der Waals surface area contributed by atoms with E-state index in [2.05, 4.69) is 20.9 Å². The van der Waals surface area contributed by atoms with Gasteiger partial charge in [0.1, 0.15) is 5.75 Å². The van der Waals surface area contributed by atoms with E-state index in [4.69, 9.17) is 10.5 Å². The number of nitrogens with zero attached hydrogens (tertiary/aromatic N) is 1. The molecular weight excluding hydrogens is 296 g/mol. The van der Waals surface area contributed by atoms with Crippen LogP contribution in [-0.4, -0.2) is 17.9 Å². The molecule has 0 amide bonds. The summed E-state index contributed by atoms with van der Waals surface area (Å²) in [5, 5.41) is 0. The molecule has 0 radical (unpaired) electrons. The van der Waals surface area contributed by atoms with Crippen molar-refractivity contribution in [2.75, 3.05) is 12.8 Å². The number of nitrogens with two attached hydrogens (primary N) is 1. The summed E-state index contributed by atoms with van der Waals surface area (Å²) in [5.74, 6) is 0.401. The Labute approximate surface area is 113 Å². The van der Waals surface area contributed by atoms with Crippen LogP contribution < -0.4 is 10.5 Å². The topological polar surface area (TPSA) is 65.2 Å². The van der Waals surface area contributed by atoms with E-state index in [0.29, 0.717) is 22.6 Å². The van der Waals surface area contributed by atoms with Gasteiger partial charge >= 0.3 is 0 Å². The lowest BCUT2D eigenvalue weighted by Gasteiger charge is -2.05. The van der Waals surface area contributed by atoms with Crippen molar-refractivity contribution in [3.63, 3.8) is 0 Å². The Morgan fingerprint density at radius 3 is 2.67 bits per heavy atom. The van der Waals surface area contributed by atoms with Crippen LogP contribution in [0.5, 0.6) is 5.75 Å². The predicted octanol–water partition coefficient (Wildman–Crippen LogP) is 2.67. The van der Waals surface area contributed by atoms with Crippen molar-refractivity contribution >= 4 is 27.4 Å². The summed E-state index contributed by atoms with van der Waals surface area (Å²) >= 11 is 3.31. The van der Waals surface area contributed by atoms with Crippen LogP contribution in [0.3, 0.4) is 0 Å². The molecule has 92 valence electrons. The Balaban J connectivity index is 2.41. The number of halogens is 1. The second-order valence-corrected chi connectivity index (χ2v) is 4.63. The smallest absolute Gasteiger partial charge is 0.194 e. The Morgan fingerprint density at radius 1 is 1.22 bits per heavy atom. The molecule has 0 atom stereocenters. The molecule has 4 nitrogen and oxygen atoms in total. The molecule has 2 rings (SSSR count). The molecule has 1 aromatic heterocycles. The zero-order valence-corrected chi connectivity index (χ0v) is 11.3. The average molecular weight is 307 g/mol. The van der Waals surface area contributed by atoms with Crippen molar-refractivity contribution in [3.8, 4) is 5.75 Å². The van der Waals surface area contributed by atoms with Gasteiger partial charge in [-0.3, -0.25) is 9.78 Å². The molecule has 0 saturated heterocycles. The minimum Gasteiger partial charge on any atom is -0.495 e. The number of benzene rings is 1. The third kappa shape index (κ3) is 2.68. The lowest BCUT2D eigenvalue weighted by atomic mass is 10.0. The van der Waals surface area contributed by atoms with Crippen LogP contribution in [0, 0.1) is 0 Å². The molecule has 0 saturated carbocycles. The molecule has 1 aromatic carbocycles. The van der Waals surface area contributed by atoms with Crippen LogP contribution in [0.1, 0.15) is 15.9 Å². The summed E-state index contributed by atoms with van der Waals surface area (Å²) in [6.07, 6.45) is 3.05. The summed E-state index contributed by atoms with van der Waals surface area (Å²) in [7, 11) is 1.53. The van der Waals surface area contributed by atoms with E-state index in [1.54, 1.807) is 30.5 Å². The molecule has 1 heterocycles. The first-order chi connectivity index (χ1) is 8.60. The second kappa shape index (κ2) is 5.18. The van der Waals surface area contributed by atoms with Gasteiger partial charge in [-0.25, -0.2) is 0 Å². The van der Waals surface area contributed by atoms with Crippen molar-refractivity contribution in [2.24, 2.45) is 0 Å². The summed E-state index contributed by atoms with van der Waals surface area (Å²) in [5.41, 5.74) is 7.22. The Morgan fingerprint density at radius 2 is 2.00 bits per heavy atom. The highest BCUT2D eigenvalue weighted by molar-refractivity contribution is 9.10. The highest BCUT2D eigenvalue weighted by Gasteiger charge is 2.11. The summed E-state index contributed by atoms with van der Waals surface area (Å²) in [6.45, 7) is 0. The third-order valence-electron chi connectivity index (χ3n) is 2.39. The second-order valence-electron chi connectivity index (χ2n) is 3.72. The van der Waals surface area contributed by atoms with Gasteiger partial charge in [0.25, 0.3) is 0 Å². The maximum atomic E-state index is 12.2. The molecule has 0 spiro atoms. The zero-order valence-electron chi connectivity index (χ0n) is 9.68. The SMILES string of the molecule is COc1cncc(C(=O)c2cc(N)cc(Br)c2)c1. The van der Waals surface area contributed by atoms with Gasteiger partial charge in [-0.05, 0) is 24.3 Å². The van der Waals surface area contributed by atoms with Crippen LogP contribution in [0.25, 0.3) is 0 Å². The molecular formula is C13H11BrN2O2. The van der Waals surface area contributed by atoms with Gasteiger partial charge in [-0.1, -0.05) is 15.9 Å². The molecule has 0 bridgehead atoms. The number of hydrogen-bond acceptors (Lipinski definition) is 4. The van der Waals surface area contributed by atoms with Gasteiger partial charge in [0.15, 0.2) is 5.78 Å². The number of rotatable bonds is 3. The van der Waals surface area contributed by atoms with Gasteiger partial charge in [0.2, 0.25) is 0 Å². The number of methoxy groups -OCH3 is 1. The number of ketones is 1. The number of pyridine rings is 1. The van der Waals surface area contributed by atoms with E-state index in [9.17, 15) is 4.79 Å². The van der Waals surface area contributed by atoms with E-state index < -0.39 is 0 Å². The number of carbonyl (C=O) groups excluding carboxylic acids is 1. The Bertz CT molecular complexity index is 579. The Kier molecular flexibility index (Phi) is 3.62. The van der Waals surface area contributed by atoms with Crippen molar-refractivity contribution in [3.05, 3.63) is 52.3 Å². The van der Waals surface area contributed by atoms with Crippen LogP contribution in [0.15, 0.2) is 41.1 Å². The standard InChI is InChI=1S/C13H11BrN2O2/c1-18-12-4-9(6-16-7-12)13(17)8-2-10(14)5-11(15)3-8/h2-7H,15H2,1H3. The van der Waals surface area contributed by atoms with Gasteiger partial charge in [0, 0.05) is 27.5 Å². The fourth-order valence-electron chi connectivity index (χ4n) is 1.56. The molecule has 2 N–H and O–H groups in total. The number of anilines is 1. The van der Waals surface area contributed by atoms with Crippen molar-refractivity contribution < 1.29 is 9.53 Å². The monoisotopic (exact) mass is 306 g/mol. The number of ether oxygens (including phenoxy) is 1. The quantitative estimate of drug-likeness (QED) is 0.699. The fraction of sp³-hybridized carbons (Fsp3) is 0.0769. The predicted molar refractivity (Wildman–Crippen MR) is 72.8 cm³/mol. The minimum atomic E-state index is -0.144. The number of hydrogen-bond donors (Lipinski definition) is 1. The number of aromatic nitrogens is 1. The van der Waals surface area contributed by atoms with E-state index in [-0.39, 0.29) is 5.78 Å². The summed E-state index contributed by atoms with van der Waals surface area (Å²) < 4.78 is 5.81. The Hall–Kier alpha value is -1.88. The molecule has 0 aliphatic heterocycles. The summed E-state index contributed by atoms with van der Waals surface area (Å²) in [4.78, 5) is 16.2. The van der Waals surface area contributed by atoms with Crippen molar-refractivity contribution in [1.82, 2.24) is 4.98 Å². The van der Waals surface area contributed by atoms with Crippen LogP contribution in [0.4, 0.5) is 5.69 Å². The number of carbonyl (C=O) groups is 1. The molecule has 18 heavy (non-hydrogen) atoms. The minimum absolute atomic E-state index is 0.144. The largest absolute Gasteiger partial charge is 0.495 e. The lowest BCUT2D eigenvalue weighted by Crippen LogP contribution is -2.03. The average Bonchev–Trinajstić information content (AvgIpc) is 2.37. The first kappa shape index (κ1) is 12.6. The number of nitrogen functional groups attached to an aromatic ring is 1. The van der Waals surface area contributed by atoms with E-state index in [1.165, 1.54) is 13.3 Å². The normalized spacial score (nSPS) is 10.1. The van der Waals surface area contributed by atoms with Gasteiger partial charge in [-0.15, -0.1) is 0 Å².